The standard InChI is InChI=1S/C11H12N4O2/c1-15-5-4-9(14-15)7-17-11(16)10-3-2-8(12)6-13-10/h2-6H,7,12H2,1H3. The van der Waals surface area contributed by atoms with Gasteiger partial charge in [0.2, 0.25) is 0 Å². The summed E-state index contributed by atoms with van der Waals surface area (Å²) < 4.78 is 6.69. The van der Waals surface area contributed by atoms with E-state index in [4.69, 9.17) is 10.5 Å². The number of rotatable bonds is 3. The molecule has 0 radical (unpaired) electrons. The summed E-state index contributed by atoms with van der Waals surface area (Å²) in [7, 11) is 1.80. The Morgan fingerprint density at radius 2 is 2.29 bits per heavy atom. The third-order valence-electron chi connectivity index (χ3n) is 2.12. The number of hydrogen-bond donors (Lipinski definition) is 1. The first-order valence-corrected chi connectivity index (χ1v) is 5.02. The van der Waals surface area contributed by atoms with Gasteiger partial charge < -0.3 is 10.5 Å². The zero-order valence-corrected chi connectivity index (χ0v) is 9.33. The average molecular weight is 232 g/mol. The first-order valence-electron chi connectivity index (χ1n) is 5.02. The molecule has 0 saturated heterocycles. The number of pyridine rings is 1. The molecule has 0 saturated carbocycles. The monoisotopic (exact) mass is 232 g/mol. The van der Waals surface area contributed by atoms with E-state index in [-0.39, 0.29) is 12.3 Å². The molecule has 0 aliphatic heterocycles. The highest BCUT2D eigenvalue weighted by Gasteiger charge is 2.09. The van der Waals surface area contributed by atoms with E-state index in [2.05, 4.69) is 10.1 Å². The molecule has 0 spiro atoms. The van der Waals surface area contributed by atoms with Gasteiger partial charge in [-0.05, 0) is 18.2 Å². The molecule has 0 aliphatic carbocycles. The number of nitrogens with zero attached hydrogens (tertiary/aromatic N) is 3. The topological polar surface area (TPSA) is 83.0 Å². The molecule has 2 aromatic rings. The van der Waals surface area contributed by atoms with Crippen molar-refractivity contribution in [1.82, 2.24) is 14.8 Å². The summed E-state index contributed by atoms with van der Waals surface area (Å²) in [5.41, 5.74) is 6.90. The van der Waals surface area contributed by atoms with E-state index in [0.29, 0.717) is 11.4 Å². The van der Waals surface area contributed by atoms with Gasteiger partial charge in [0.1, 0.15) is 12.3 Å². The molecule has 0 unspecified atom stereocenters. The van der Waals surface area contributed by atoms with Crippen molar-refractivity contribution >= 4 is 11.7 Å². The molecule has 88 valence electrons. The quantitative estimate of drug-likeness (QED) is 0.790. The highest BCUT2D eigenvalue weighted by Crippen LogP contribution is 2.04. The van der Waals surface area contributed by atoms with Gasteiger partial charge in [-0.3, -0.25) is 4.68 Å². The Kier molecular flexibility index (Phi) is 3.04. The van der Waals surface area contributed by atoms with Crippen LogP contribution in [0.1, 0.15) is 16.2 Å². The first kappa shape index (κ1) is 11.1. The molecule has 2 N–H and O–H groups in total. The van der Waals surface area contributed by atoms with Crippen molar-refractivity contribution in [2.45, 2.75) is 6.61 Å². The fourth-order valence-corrected chi connectivity index (χ4v) is 1.28. The molecule has 2 rings (SSSR count). The number of carbonyl (C=O) groups excluding carboxylic acids is 1. The maximum absolute atomic E-state index is 11.6. The van der Waals surface area contributed by atoms with Crippen molar-refractivity contribution in [3.05, 3.63) is 42.0 Å². The summed E-state index contributed by atoms with van der Waals surface area (Å²) in [6.45, 7) is 0.131. The van der Waals surface area contributed by atoms with Crippen molar-refractivity contribution in [2.75, 3.05) is 5.73 Å². The summed E-state index contributed by atoms with van der Waals surface area (Å²) >= 11 is 0. The molecule has 0 aliphatic rings. The minimum absolute atomic E-state index is 0.131. The van der Waals surface area contributed by atoms with E-state index in [1.54, 1.807) is 30.1 Å². The van der Waals surface area contributed by atoms with Crippen LogP contribution in [0.5, 0.6) is 0 Å². The van der Waals surface area contributed by atoms with Gasteiger partial charge >= 0.3 is 5.97 Å². The lowest BCUT2D eigenvalue weighted by Gasteiger charge is -2.02. The van der Waals surface area contributed by atoms with E-state index in [9.17, 15) is 4.79 Å². The lowest BCUT2D eigenvalue weighted by molar-refractivity contribution is 0.0460. The van der Waals surface area contributed by atoms with E-state index < -0.39 is 5.97 Å². The molecule has 17 heavy (non-hydrogen) atoms. The van der Waals surface area contributed by atoms with Crippen LogP contribution in [0, 0.1) is 0 Å². The number of aryl methyl sites for hydroxylation is 1. The number of hydrogen-bond acceptors (Lipinski definition) is 5. The summed E-state index contributed by atoms with van der Waals surface area (Å²) in [5.74, 6) is -0.490. The predicted octanol–water partition coefficient (Wildman–Crippen LogP) is 0.754. The van der Waals surface area contributed by atoms with Gasteiger partial charge in [-0.2, -0.15) is 5.10 Å². The molecule has 0 amide bonds. The minimum atomic E-state index is -0.490. The zero-order chi connectivity index (χ0) is 12.3. The van der Waals surface area contributed by atoms with E-state index >= 15 is 0 Å². The predicted molar refractivity (Wildman–Crippen MR) is 61.0 cm³/mol. The second-order valence-electron chi connectivity index (χ2n) is 3.53. The largest absolute Gasteiger partial charge is 0.454 e. The maximum Gasteiger partial charge on any atom is 0.357 e. The Hall–Kier alpha value is -2.37. The molecule has 0 atom stereocenters. The molecule has 2 heterocycles. The van der Waals surface area contributed by atoms with Gasteiger partial charge in [-0.25, -0.2) is 9.78 Å². The molecule has 6 nitrogen and oxygen atoms in total. The third kappa shape index (κ3) is 2.81. The molecule has 0 bridgehead atoms. The van der Waals surface area contributed by atoms with Crippen molar-refractivity contribution in [3.63, 3.8) is 0 Å². The van der Waals surface area contributed by atoms with Crippen LogP contribution < -0.4 is 5.73 Å². The summed E-state index contributed by atoms with van der Waals surface area (Å²) in [5, 5.41) is 4.09. The third-order valence-corrected chi connectivity index (χ3v) is 2.12. The molecule has 2 aromatic heterocycles. The van der Waals surface area contributed by atoms with E-state index in [1.807, 2.05) is 0 Å². The van der Waals surface area contributed by atoms with Crippen molar-refractivity contribution in [3.8, 4) is 0 Å². The van der Waals surface area contributed by atoms with Crippen molar-refractivity contribution in [2.24, 2.45) is 7.05 Å². The normalized spacial score (nSPS) is 10.2. The van der Waals surface area contributed by atoms with Gasteiger partial charge in [-0.15, -0.1) is 0 Å². The average Bonchev–Trinajstić information content (AvgIpc) is 2.73. The summed E-state index contributed by atoms with van der Waals surface area (Å²) in [4.78, 5) is 15.4. The van der Waals surface area contributed by atoms with Crippen LogP contribution in [0.15, 0.2) is 30.6 Å². The van der Waals surface area contributed by atoms with Crippen LogP contribution in [0.25, 0.3) is 0 Å². The van der Waals surface area contributed by atoms with Gasteiger partial charge in [0.05, 0.1) is 17.6 Å². The Balaban J connectivity index is 1.95. The van der Waals surface area contributed by atoms with Crippen molar-refractivity contribution in [1.29, 1.82) is 0 Å². The van der Waals surface area contributed by atoms with E-state index in [0.717, 1.165) is 0 Å². The zero-order valence-electron chi connectivity index (χ0n) is 9.33. The number of nitrogens with two attached hydrogens (primary N) is 1. The van der Waals surface area contributed by atoms with Crippen LogP contribution in [-0.2, 0) is 18.4 Å². The smallest absolute Gasteiger partial charge is 0.357 e. The van der Waals surface area contributed by atoms with Gasteiger partial charge in [0, 0.05) is 13.2 Å². The van der Waals surface area contributed by atoms with Crippen LogP contribution in [0.4, 0.5) is 5.69 Å². The number of anilines is 1. The van der Waals surface area contributed by atoms with Gasteiger partial charge in [0.15, 0.2) is 0 Å². The Bertz CT molecular complexity index is 519. The highest BCUT2D eigenvalue weighted by atomic mass is 16.5. The number of ether oxygens (including phenoxy) is 1. The van der Waals surface area contributed by atoms with Crippen LogP contribution in [0.3, 0.4) is 0 Å². The number of aromatic nitrogens is 3. The van der Waals surface area contributed by atoms with Gasteiger partial charge in [0.25, 0.3) is 0 Å². The molecule has 0 fully saturated rings. The molecular formula is C11H12N4O2. The van der Waals surface area contributed by atoms with Crippen LogP contribution >= 0.6 is 0 Å². The Labute approximate surface area is 98.0 Å². The SMILES string of the molecule is Cn1ccc(COC(=O)c2ccc(N)cn2)n1. The highest BCUT2D eigenvalue weighted by molar-refractivity contribution is 5.87. The second-order valence-corrected chi connectivity index (χ2v) is 3.53. The maximum atomic E-state index is 11.6. The number of carbonyl (C=O) groups is 1. The summed E-state index contributed by atoms with van der Waals surface area (Å²) in [6, 6.07) is 4.91. The summed E-state index contributed by atoms with van der Waals surface area (Å²) in [6.07, 6.45) is 3.20. The second kappa shape index (κ2) is 4.65. The Morgan fingerprint density at radius 1 is 1.47 bits per heavy atom. The lowest BCUT2D eigenvalue weighted by atomic mass is 10.3. The van der Waals surface area contributed by atoms with Gasteiger partial charge in [-0.1, -0.05) is 0 Å². The number of nitrogen functional groups attached to an aromatic ring is 1. The van der Waals surface area contributed by atoms with Crippen molar-refractivity contribution < 1.29 is 9.53 Å². The first-order chi connectivity index (χ1) is 8.15. The minimum Gasteiger partial charge on any atom is -0.454 e. The lowest BCUT2D eigenvalue weighted by Crippen LogP contribution is -2.08. The fraction of sp³-hybridized carbons (Fsp3) is 0.182. The number of esters is 1. The van der Waals surface area contributed by atoms with Crippen LogP contribution in [0.2, 0.25) is 0 Å². The Morgan fingerprint density at radius 3 is 2.88 bits per heavy atom. The van der Waals surface area contributed by atoms with E-state index in [1.165, 1.54) is 12.3 Å². The molecular weight excluding hydrogens is 220 g/mol. The fourth-order valence-electron chi connectivity index (χ4n) is 1.28. The van der Waals surface area contributed by atoms with Crippen LogP contribution in [-0.4, -0.2) is 20.7 Å². The molecule has 6 heteroatoms. The molecule has 0 aromatic carbocycles.